The van der Waals surface area contributed by atoms with Crippen molar-refractivity contribution in [1.29, 1.82) is 0 Å². The summed E-state index contributed by atoms with van der Waals surface area (Å²) in [6, 6.07) is 2.16. The number of nitrogens with two attached hydrogens (primary N) is 1. The highest BCUT2D eigenvalue weighted by molar-refractivity contribution is 5.69. The summed E-state index contributed by atoms with van der Waals surface area (Å²) in [5.74, 6) is -0.830. The molecule has 0 aliphatic carbocycles. The number of nitrogen functional groups attached to an aromatic ring is 1. The number of hydrogen-bond donors (Lipinski definition) is 3. The number of anilines is 1. The van der Waals surface area contributed by atoms with Crippen LogP contribution in [0.2, 0.25) is 0 Å². The van der Waals surface area contributed by atoms with E-state index in [2.05, 4.69) is 25.2 Å². The standard InChI is InChI=1S/C14H22N2O2/c1-4-12-9(2)7-11(10(3)14(12)15)5-6-16-8-13(17)18/h7,16H,4-6,8,15H2,1-3H3,(H,17,18). The molecule has 1 rings (SSSR count). The first-order chi connectivity index (χ1) is 8.47. The number of benzene rings is 1. The van der Waals surface area contributed by atoms with E-state index in [9.17, 15) is 4.79 Å². The van der Waals surface area contributed by atoms with Gasteiger partial charge >= 0.3 is 5.97 Å². The second-order valence-electron chi connectivity index (χ2n) is 4.54. The molecule has 4 N–H and O–H groups in total. The molecule has 0 saturated heterocycles. The molecule has 0 amide bonds. The van der Waals surface area contributed by atoms with Gasteiger partial charge in [0.15, 0.2) is 0 Å². The van der Waals surface area contributed by atoms with E-state index in [-0.39, 0.29) is 6.54 Å². The number of carboxylic acids is 1. The third-order valence-electron chi connectivity index (χ3n) is 3.28. The fraction of sp³-hybridized carbons (Fsp3) is 0.500. The first-order valence-electron chi connectivity index (χ1n) is 6.27. The van der Waals surface area contributed by atoms with Crippen LogP contribution in [0.1, 0.15) is 29.2 Å². The Bertz CT molecular complexity index is 442. The number of rotatable bonds is 6. The summed E-state index contributed by atoms with van der Waals surface area (Å²) in [7, 11) is 0. The van der Waals surface area contributed by atoms with Crippen LogP contribution >= 0.6 is 0 Å². The van der Waals surface area contributed by atoms with Crippen LogP contribution in [-0.2, 0) is 17.6 Å². The highest BCUT2D eigenvalue weighted by atomic mass is 16.4. The van der Waals surface area contributed by atoms with E-state index in [1.165, 1.54) is 16.7 Å². The molecule has 0 radical (unpaired) electrons. The van der Waals surface area contributed by atoms with Crippen molar-refractivity contribution >= 4 is 11.7 Å². The van der Waals surface area contributed by atoms with Crippen LogP contribution in [0.15, 0.2) is 6.07 Å². The van der Waals surface area contributed by atoms with Crippen LogP contribution in [0, 0.1) is 13.8 Å². The molecule has 100 valence electrons. The normalized spacial score (nSPS) is 10.6. The van der Waals surface area contributed by atoms with E-state index in [4.69, 9.17) is 10.8 Å². The minimum Gasteiger partial charge on any atom is -0.480 e. The predicted octanol–water partition coefficient (Wildman–Crippen LogP) is 1.66. The lowest BCUT2D eigenvalue weighted by molar-refractivity contribution is -0.135. The van der Waals surface area contributed by atoms with Crippen molar-refractivity contribution in [2.75, 3.05) is 18.8 Å². The van der Waals surface area contributed by atoms with Crippen molar-refractivity contribution in [3.05, 3.63) is 28.3 Å². The average Bonchev–Trinajstić information content (AvgIpc) is 2.31. The molecule has 1 aromatic carbocycles. The topological polar surface area (TPSA) is 75.3 Å². The summed E-state index contributed by atoms with van der Waals surface area (Å²) in [5, 5.41) is 11.4. The monoisotopic (exact) mass is 250 g/mol. The maximum atomic E-state index is 10.4. The predicted molar refractivity (Wildman–Crippen MR) is 73.9 cm³/mol. The lowest BCUT2D eigenvalue weighted by Crippen LogP contribution is -2.24. The van der Waals surface area contributed by atoms with Crippen molar-refractivity contribution in [2.45, 2.75) is 33.6 Å². The van der Waals surface area contributed by atoms with Gasteiger partial charge in [-0.1, -0.05) is 13.0 Å². The van der Waals surface area contributed by atoms with Gasteiger partial charge in [-0.25, -0.2) is 0 Å². The van der Waals surface area contributed by atoms with Gasteiger partial charge < -0.3 is 16.2 Å². The van der Waals surface area contributed by atoms with Crippen LogP contribution in [0.3, 0.4) is 0 Å². The molecule has 0 aliphatic heterocycles. The molecule has 0 unspecified atom stereocenters. The molecule has 0 saturated carbocycles. The third-order valence-corrected chi connectivity index (χ3v) is 3.28. The number of aliphatic carboxylic acids is 1. The van der Waals surface area contributed by atoms with Crippen LogP contribution in [-0.4, -0.2) is 24.2 Å². The molecule has 0 bridgehead atoms. The van der Waals surface area contributed by atoms with Gasteiger partial charge in [-0.3, -0.25) is 4.79 Å². The fourth-order valence-electron chi connectivity index (χ4n) is 2.22. The van der Waals surface area contributed by atoms with Crippen LogP contribution < -0.4 is 11.1 Å². The van der Waals surface area contributed by atoms with E-state index in [0.717, 1.165) is 24.1 Å². The summed E-state index contributed by atoms with van der Waals surface area (Å²) in [5.41, 5.74) is 11.8. The van der Waals surface area contributed by atoms with E-state index < -0.39 is 5.97 Å². The molecule has 0 aromatic heterocycles. The van der Waals surface area contributed by atoms with Gasteiger partial charge in [0.25, 0.3) is 0 Å². The van der Waals surface area contributed by atoms with E-state index in [1.807, 2.05) is 6.92 Å². The first-order valence-corrected chi connectivity index (χ1v) is 6.27. The van der Waals surface area contributed by atoms with Gasteiger partial charge in [0.1, 0.15) is 0 Å². The van der Waals surface area contributed by atoms with Crippen molar-refractivity contribution in [1.82, 2.24) is 5.32 Å². The van der Waals surface area contributed by atoms with Crippen LogP contribution in [0.5, 0.6) is 0 Å². The molecule has 4 nitrogen and oxygen atoms in total. The van der Waals surface area contributed by atoms with Crippen LogP contribution in [0.4, 0.5) is 5.69 Å². The molecular weight excluding hydrogens is 228 g/mol. The maximum absolute atomic E-state index is 10.4. The number of aryl methyl sites for hydroxylation is 1. The summed E-state index contributed by atoms with van der Waals surface area (Å²) < 4.78 is 0. The largest absolute Gasteiger partial charge is 0.480 e. The summed E-state index contributed by atoms with van der Waals surface area (Å²) in [6.07, 6.45) is 1.74. The highest BCUT2D eigenvalue weighted by Crippen LogP contribution is 2.25. The Morgan fingerprint density at radius 2 is 2.11 bits per heavy atom. The Morgan fingerprint density at radius 3 is 2.67 bits per heavy atom. The van der Waals surface area contributed by atoms with E-state index in [1.54, 1.807) is 0 Å². The molecule has 0 fully saturated rings. The SMILES string of the molecule is CCc1c(C)cc(CCNCC(=O)O)c(C)c1N. The lowest BCUT2D eigenvalue weighted by Gasteiger charge is -2.15. The Hall–Kier alpha value is -1.55. The zero-order valence-electron chi connectivity index (χ0n) is 11.3. The fourth-order valence-corrected chi connectivity index (χ4v) is 2.22. The third kappa shape index (κ3) is 3.47. The minimum atomic E-state index is -0.830. The van der Waals surface area contributed by atoms with Crippen LogP contribution in [0.25, 0.3) is 0 Å². The van der Waals surface area contributed by atoms with Crippen molar-refractivity contribution in [3.8, 4) is 0 Å². The van der Waals surface area contributed by atoms with Gasteiger partial charge in [-0.05, 0) is 55.5 Å². The molecule has 1 aromatic rings. The Kier molecular flexibility index (Phi) is 5.16. The number of carbonyl (C=O) groups is 1. The zero-order valence-corrected chi connectivity index (χ0v) is 11.3. The van der Waals surface area contributed by atoms with Gasteiger partial charge in [0.05, 0.1) is 6.54 Å². The smallest absolute Gasteiger partial charge is 0.317 e. The van der Waals surface area contributed by atoms with Gasteiger partial charge in [0.2, 0.25) is 0 Å². The average molecular weight is 250 g/mol. The van der Waals surface area contributed by atoms with Gasteiger partial charge in [-0.2, -0.15) is 0 Å². The minimum absolute atomic E-state index is 0.000551. The van der Waals surface area contributed by atoms with Crippen molar-refractivity contribution in [3.63, 3.8) is 0 Å². The zero-order chi connectivity index (χ0) is 13.7. The second-order valence-corrected chi connectivity index (χ2v) is 4.54. The molecule has 0 aliphatic rings. The molecule has 18 heavy (non-hydrogen) atoms. The lowest BCUT2D eigenvalue weighted by atomic mass is 9.94. The Morgan fingerprint density at radius 1 is 1.44 bits per heavy atom. The number of carboxylic acid groups (broad SMARTS) is 1. The van der Waals surface area contributed by atoms with Crippen molar-refractivity contribution < 1.29 is 9.90 Å². The second kappa shape index (κ2) is 6.40. The number of nitrogens with one attached hydrogen (secondary N) is 1. The van der Waals surface area contributed by atoms with Gasteiger partial charge in [0, 0.05) is 5.69 Å². The molecule has 4 heteroatoms. The first kappa shape index (κ1) is 14.5. The number of hydrogen-bond acceptors (Lipinski definition) is 3. The summed E-state index contributed by atoms with van der Waals surface area (Å²) in [6.45, 7) is 6.85. The highest BCUT2D eigenvalue weighted by Gasteiger charge is 2.09. The molecule has 0 spiro atoms. The molecule has 0 heterocycles. The quantitative estimate of drug-likeness (QED) is 0.530. The van der Waals surface area contributed by atoms with E-state index >= 15 is 0 Å². The Balaban J connectivity index is 2.75. The Labute approximate surface area is 108 Å². The molecular formula is C14H22N2O2. The molecule has 0 atom stereocenters. The van der Waals surface area contributed by atoms with E-state index in [0.29, 0.717) is 6.54 Å². The maximum Gasteiger partial charge on any atom is 0.317 e. The summed E-state index contributed by atoms with van der Waals surface area (Å²) in [4.78, 5) is 10.4. The van der Waals surface area contributed by atoms with Gasteiger partial charge in [-0.15, -0.1) is 0 Å². The van der Waals surface area contributed by atoms with Crippen molar-refractivity contribution in [2.24, 2.45) is 0 Å². The summed E-state index contributed by atoms with van der Waals surface area (Å²) >= 11 is 0.